The highest BCUT2D eigenvalue weighted by molar-refractivity contribution is 8.00. The first-order valence-corrected chi connectivity index (χ1v) is 10.1. The van der Waals surface area contributed by atoms with Crippen LogP contribution in [0.15, 0.2) is 35.7 Å². The highest BCUT2D eigenvalue weighted by Crippen LogP contribution is 2.20. The van der Waals surface area contributed by atoms with E-state index >= 15 is 0 Å². The standard InChI is InChI=1S/C19H27N5OS/c1-15(26-19-22-21-14-23(19)2)18(25)20-12-16-6-8-17(9-7-16)13-24-10-4-3-5-11-24/h6-9,14-15H,3-5,10-13H2,1-2H3,(H,20,25)/t15-/m0/s1. The van der Waals surface area contributed by atoms with Crippen molar-refractivity contribution in [1.82, 2.24) is 25.0 Å². The molecule has 140 valence electrons. The van der Waals surface area contributed by atoms with E-state index < -0.39 is 0 Å². The summed E-state index contributed by atoms with van der Waals surface area (Å²) in [6.45, 7) is 5.87. The van der Waals surface area contributed by atoms with Crippen molar-refractivity contribution in [2.75, 3.05) is 13.1 Å². The lowest BCUT2D eigenvalue weighted by Gasteiger charge is -2.26. The molecule has 1 atom stereocenters. The van der Waals surface area contributed by atoms with Gasteiger partial charge in [-0.3, -0.25) is 9.69 Å². The molecule has 1 fully saturated rings. The highest BCUT2D eigenvalue weighted by Gasteiger charge is 2.16. The summed E-state index contributed by atoms with van der Waals surface area (Å²) < 4.78 is 1.81. The van der Waals surface area contributed by atoms with Gasteiger partial charge in [-0.15, -0.1) is 10.2 Å². The molecule has 1 aromatic carbocycles. The van der Waals surface area contributed by atoms with Gasteiger partial charge in [0.1, 0.15) is 6.33 Å². The molecule has 7 heteroatoms. The Morgan fingerprint density at radius 3 is 2.54 bits per heavy atom. The summed E-state index contributed by atoms with van der Waals surface area (Å²) in [5.74, 6) is 0.00962. The van der Waals surface area contributed by atoms with E-state index in [2.05, 4.69) is 44.7 Å². The van der Waals surface area contributed by atoms with Crippen LogP contribution in [0, 0.1) is 0 Å². The second kappa shape index (κ2) is 9.19. The van der Waals surface area contributed by atoms with Gasteiger partial charge in [-0.25, -0.2) is 0 Å². The first kappa shape index (κ1) is 18.9. The molecule has 6 nitrogen and oxygen atoms in total. The number of likely N-dealkylation sites (tertiary alicyclic amines) is 1. The van der Waals surface area contributed by atoms with E-state index in [1.54, 1.807) is 6.33 Å². The van der Waals surface area contributed by atoms with E-state index in [9.17, 15) is 4.79 Å². The maximum atomic E-state index is 12.3. The number of rotatable bonds is 7. The number of nitrogens with one attached hydrogen (secondary N) is 1. The number of benzene rings is 1. The van der Waals surface area contributed by atoms with E-state index in [0.717, 1.165) is 17.3 Å². The molecule has 0 unspecified atom stereocenters. The zero-order chi connectivity index (χ0) is 18.4. The molecule has 1 aliphatic heterocycles. The van der Waals surface area contributed by atoms with Gasteiger partial charge in [0.15, 0.2) is 5.16 Å². The van der Waals surface area contributed by atoms with E-state index in [1.807, 2.05) is 18.5 Å². The molecule has 1 aliphatic rings. The molecule has 0 aliphatic carbocycles. The number of carbonyl (C=O) groups is 1. The number of hydrogen-bond donors (Lipinski definition) is 1. The predicted molar refractivity (Wildman–Crippen MR) is 104 cm³/mol. The average molecular weight is 374 g/mol. The van der Waals surface area contributed by atoms with Gasteiger partial charge in [0.2, 0.25) is 5.91 Å². The Kier molecular flexibility index (Phi) is 6.68. The van der Waals surface area contributed by atoms with E-state index in [4.69, 9.17) is 0 Å². The monoisotopic (exact) mass is 373 g/mol. The average Bonchev–Trinajstić information content (AvgIpc) is 3.06. The van der Waals surface area contributed by atoms with Crippen molar-refractivity contribution in [1.29, 1.82) is 0 Å². The Morgan fingerprint density at radius 1 is 1.19 bits per heavy atom. The van der Waals surface area contributed by atoms with Gasteiger partial charge in [-0.1, -0.05) is 42.4 Å². The minimum atomic E-state index is -0.212. The van der Waals surface area contributed by atoms with Gasteiger partial charge in [-0.05, 0) is 44.0 Å². The molecule has 1 aromatic heterocycles. The lowest BCUT2D eigenvalue weighted by atomic mass is 10.1. The fraction of sp³-hybridized carbons (Fsp3) is 0.526. The second-order valence-corrected chi connectivity index (χ2v) is 8.16. The van der Waals surface area contributed by atoms with Crippen molar-refractivity contribution in [2.45, 2.75) is 49.7 Å². The van der Waals surface area contributed by atoms with Crippen molar-refractivity contribution >= 4 is 17.7 Å². The third kappa shape index (κ3) is 5.32. The van der Waals surface area contributed by atoms with Crippen LogP contribution < -0.4 is 5.32 Å². The smallest absolute Gasteiger partial charge is 0.233 e. The van der Waals surface area contributed by atoms with E-state index in [-0.39, 0.29) is 11.2 Å². The molecular weight excluding hydrogens is 346 g/mol. The van der Waals surface area contributed by atoms with E-state index in [0.29, 0.717) is 6.54 Å². The molecule has 0 saturated carbocycles. The number of thioether (sulfide) groups is 1. The summed E-state index contributed by atoms with van der Waals surface area (Å²) >= 11 is 1.41. The number of amides is 1. The topological polar surface area (TPSA) is 63.1 Å². The Morgan fingerprint density at radius 2 is 1.88 bits per heavy atom. The Hall–Kier alpha value is -1.86. The van der Waals surface area contributed by atoms with Gasteiger partial charge < -0.3 is 9.88 Å². The number of aryl methyl sites for hydroxylation is 1. The summed E-state index contributed by atoms with van der Waals surface area (Å²) in [6.07, 6.45) is 5.63. The van der Waals surface area contributed by atoms with Crippen LogP contribution in [0.4, 0.5) is 0 Å². The molecule has 3 rings (SSSR count). The third-order valence-corrected chi connectivity index (χ3v) is 5.81. The van der Waals surface area contributed by atoms with Crippen molar-refractivity contribution in [2.24, 2.45) is 7.05 Å². The van der Waals surface area contributed by atoms with Crippen LogP contribution >= 0.6 is 11.8 Å². The minimum absolute atomic E-state index is 0.00962. The number of nitrogens with zero attached hydrogens (tertiary/aromatic N) is 4. The maximum absolute atomic E-state index is 12.3. The van der Waals surface area contributed by atoms with Crippen molar-refractivity contribution in [3.05, 3.63) is 41.7 Å². The molecule has 0 bridgehead atoms. The summed E-state index contributed by atoms with van der Waals surface area (Å²) in [6, 6.07) is 8.57. The zero-order valence-electron chi connectivity index (χ0n) is 15.5. The molecule has 0 radical (unpaired) electrons. The molecular formula is C19H27N5OS. The van der Waals surface area contributed by atoms with Crippen LogP contribution in [-0.2, 0) is 24.9 Å². The largest absolute Gasteiger partial charge is 0.351 e. The molecule has 1 amide bonds. The fourth-order valence-corrected chi connectivity index (χ4v) is 3.88. The quantitative estimate of drug-likeness (QED) is 0.756. The van der Waals surface area contributed by atoms with Crippen LogP contribution in [0.1, 0.15) is 37.3 Å². The van der Waals surface area contributed by atoms with E-state index in [1.165, 1.54) is 49.7 Å². The summed E-state index contributed by atoms with van der Waals surface area (Å²) in [7, 11) is 1.87. The number of hydrogen-bond acceptors (Lipinski definition) is 5. The molecule has 1 saturated heterocycles. The molecule has 26 heavy (non-hydrogen) atoms. The Balaban J connectivity index is 1.45. The zero-order valence-corrected chi connectivity index (χ0v) is 16.3. The van der Waals surface area contributed by atoms with Gasteiger partial charge in [-0.2, -0.15) is 0 Å². The fourth-order valence-electron chi connectivity index (χ4n) is 3.06. The lowest BCUT2D eigenvalue weighted by Crippen LogP contribution is -2.30. The normalized spacial score (nSPS) is 16.4. The maximum Gasteiger partial charge on any atom is 0.233 e. The van der Waals surface area contributed by atoms with Gasteiger partial charge in [0.05, 0.1) is 5.25 Å². The third-order valence-electron chi connectivity index (χ3n) is 4.67. The van der Waals surface area contributed by atoms with Crippen LogP contribution in [0.2, 0.25) is 0 Å². The second-order valence-electron chi connectivity index (χ2n) is 6.86. The summed E-state index contributed by atoms with van der Waals surface area (Å²) in [5, 5.41) is 11.4. The number of aromatic nitrogens is 3. The van der Waals surface area contributed by atoms with Crippen molar-refractivity contribution < 1.29 is 4.79 Å². The summed E-state index contributed by atoms with van der Waals surface area (Å²) in [4.78, 5) is 14.8. The first-order chi connectivity index (χ1) is 12.6. The van der Waals surface area contributed by atoms with Crippen molar-refractivity contribution in [3.63, 3.8) is 0 Å². The van der Waals surface area contributed by atoms with Gasteiger partial charge in [0.25, 0.3) is 0 Å². The van der Waals surface area contributed by atoms with Crippen molar-refractivity contribution in [3.8, 4) is 0 Å². The minimum Gasteiger partial charge on any atom is -0.351 e. The molecule has 0 spiro atoms. The number of carbonyl (C=O) groups excluding carboxylic acids is 1. The Bertz CT molecular complexity index is 709. The molecule has 2 heterocycles. The van der Waals surface area contributed by atoms with Crippen LogP contribution in [-0.4, -0.2) is 43.9 Å². The SMILES string of the molecule is C[C@H](Sc1nncn1C)C(=O)NCc1ccc(CN2CCCCC2)cc1. The molecule has 1 N–H and O–H groups in total. The predicted octanol–water partition coefficient (Wildman–Crippen LogP) is 2.60. The van der Waals surface area contributed by atoms with Crippen LogP contribution in [0.5, 0.6) is 0 Å². The number of piperidine rings is 1. The lowest BCUT2D eigenvalue weighted by molar-refractivity contribution is -0.120. The van der Waals surface area contributed by atoms with Gasteiger partial charge in [0, 0.05) is 20.1 Å². The van der Waals surface area contributed by atoms with Gasteiger partial charge >= 0.3 is 0 Å². The summed E-state index contributed by atoms with van der Waals surface area (Å²) in [5.41, 5.74) is 2.46. The highest BCUT2D eigenvalue weighted by atomic mass is 32.2. The van der Waals surface area contributed by atoms with Crippen LogP contribution in [0.25, 0.3) is 0 Å². The van der Waals surface area contributed by atoms with Crippen LogP contribution in [0.3, 0.4) is 0 Å². The molecule has 2 aromatic rings. The first-order valence-electron chi connectivity index (χ1n) is 9.20. The Labute approximate surface area is 159 Å².